The smallest absolute Gasteiger partial charge is 0.378 e. The number of carbonyl (C=O) groups excluding carboxylic acids is 7. The molecule has 1 aliphatic heterocycles. The molecule has 0 aromatic carbocycles. The molecule has 25 heteroatoms. The van der Waals surface area contributed by atoms with Crippen LogP contribution in [0.4, 0.5) is 13.2 Å². The molecule has 2 aliphatic rings. The molecular weight excluding hydrogens is 1080 g/mol. The number of ether oxygens (including phenoxy) is 1. The molecule has 2 atom stereocenters. The topological polar surface area (TPSA) is 285 Å². The van der Waals surface area contributed by atoms with Gasteiger partial charge in [-0.2, -0.15) is 36.7 Å². The average molecular weight is 1190 g/mol. The van der Waals surface area contributed by atoms with Crippen molar-refractivity contribution in [3.8, 4) is 0 Å². The molecule has 0 spiro atoms. The van der Waals surface area contributed by atoms with E-state index in [0.717, 1.165) is 38.1 Å². The van der Waals surface area contributed by atoms with Gasteiger partial charge in [-0.05, 0) is 114 Å². The van der Waals surface area contributed by atoms with Crippen LogP contribution in [0.25, 0.3) is 0 Å². The molecule has 2 unspecified atom stereocenters. The number of carbonyl (C=O) groups is 7. The van der Waals surface area contributed by atoms with Crippen LogP contribution in [-0.2, 0) is 48.1 Å². The van der Waals surface area contributed by atoms with E-state index < -0.39 is 33.9 Å². The van der Waals surface area contributed by atoms with Crippen LogP contribution in [0, 0.1) is 23.7 Å². The number of nitrogens with two attached hydrogens (primary N) is 1. The van der Waals surface area contributed by atoms with Crippen molar-refractivity contribution in [2.75, 3.05) is 56.3 Å². The molecule has 10 N–H and O–H groups in total. The Labute approximate surface area is 479 Å². The lowest BCUT2D eigenvalue weighted by Gasteiger charge is -2.28. The van der Waals surface area contributed by atoms with Crippen LogP contribution in [0.1, 0.15) is 158 Å². The Morgan fingerprint density at radius 3 is 1.17 bits per heavy atom. The van der Waals surface area contributed by atoms with E-state index in [1.807, 2.05) is 116 Å². The van der Waals surface area contributed by atoms with Gasteiger partial charge >= 0.3 is 12.1 Å². The molecular formula is C53H112F3N9O10S3. The second-order valence-corrected chi connectivity index (χ2v) is 25.3. The summed E-state index contributed by atoms with van der Waals surface area (Å²) in [6.45, 7) is 41.1. The molecule has 0 aromatic rings. The maximum atomic E-state index is 11.4. The van der Waals surface area contributed by atoms with Gasteiger partial charge in [-0.25, -0.2) is 8.42 Å². The van der Waals surface area contributed by atoms with E-state index in [-0.39, 0.29) is 77.2 Å². The van der Waals surface area contributed by atoms with E-state index >= 15 is 0 Å². The van der Waals surface area contributed by atoms with Gasteiger partial charge in [-0.15, -0.1) is 0 Å². The van der Waals surface area contributed by atoms with Gasteiger partial charge < -0.3 is 53.0 Å². The summed E-state index contributed by atoms with van der Waals surface area (Å²) in [5.41, 5.74) is 5.11. The Hall–Kier alpha value is -3.39. The normalized spacial score (nSPS) is 13.3. The third-order valence-electron chi connectivity index (χ3n) is 7.98. The minimum atomic E-state index is -4.76. The number of amides is 7. The minimum absolute atomic E-state index is 0.0370. The molecule has 0 radical (unpaired) electrons. The van der Waals surface area contributed by atoms with E-state index in [4.69, 9.17) is 10.5 Å². The van der Waals surface area contributed by atoms with Crippen LogP contribution in [-0.4, -0.2) is 167 Å². The quantitative estimate of drug-likeness (QED) is 0.0737. The van der Waals surface area contributed by atoms with Gasteiger partial charge in [0.1, 0.15) is 9.84 Å². The van der Waals surface area contributed by atoms with Crippen LogP contribution in [0.5, 0.6) is 0 Å². The summed E-state index contributed by atoms with van der Waals surface area (Å²) in [5, 5.41) is 21.5. The highest BCUT2D eigenvalue weighted by Crippen LogP contribution is 2.28. The first kappa shape index (κ1) is 88.4. The largest absolute Gasteiger partial charge is 0.471 e. The minimum Gasteiger partial charge on any atom is -0.378 e. The standard InChI is InChI=1S/C8H17NO3S.C8H17NOS.C7H13NO.C6H13NOS.C6H13NO.C5H8F3NO.2C5H11NO.C3H9N/c1-6(2)9-8(10)7(3)5-13(4,11)12;1-6(2)9-8(10)7(3)5-11-4;1-5(2)8-7(9)6-3-4-6;1-5(2)7-6(8)4-9-3;1-5(2)7-6-3-8-4-6;1-3(2)9-4(10)5(6,7)8;1-4(2)5(7)6-3;1-4(2)6-5(3)7;1-3(2)4/h6-7H,5H2,1-4H3,(H,9,10);6-7H,5H2,1-4H3,(H,9,10);5-6H,3-4H2,1-2H3,(H,8,9);5H,4H2,1-3H3,(H,7,8);5-7H,3-4H2,1-2H3;3H,1-2H3,(H,9,10);2*4H,1-3H3,(H,6,7);3H,4H2,1-2H3. The number of alkyl halides is 3. The van der Waals surface area contributed by atoms with Crippen LogP contribution >= 0.6 is 23.5 Å². The highest BCUT2D eigenvalue weighted by Gasteiger charge is 2.38. The fraction of sp³-hybridized carbons (Fsp3) is 0.868. The zero-order valence-corrected chi connectivity index (χ0v) is 54.9. The lowest BCUT2D eigenvalue weighted by atomic mass is 10.2. The first-order chi connectivity index (χ1) is 35.3. The summed E-state index contributed by atoms with van der Waals surface area (Å²) in [4.78, 5) is 74.7. The van der Waals surface area contributed by atoms with Gasteiger partial charge in [0.2, 0.25) is 35.4 Å². The molecule has 2 rings (SSSR count). The molecule has 1 aliphatic carbocycles. The number of sulfone groups is 1. The zero-order chi connectivity index (χ0) is 63.3. The monoisotopic (exact) mass is 1190 g/mol. The molecule has 1 saturated carbocycles. The van der Waals surface area contributed by atoms with Gasteiger partial charge in [0.05, 0.1) is 30.8 Å². The van der Waals surface area contributed by atoms with Crippen molar-refractivity contribution in [2.45, 2.75) is 219 Å². The SMILES string of the molecule is CC(=O)NC(C)C.CC(C)N.CC(C)NC(=O)C(C)CS(C)(=O)=O.CC(C)NC(=O)C(F)(F)F.CC(C)NC(=O)C1CC1.CC(C)NC1COC1.CNC(=O)C(C)C.CSCC(=O)NC(C)C.CSCC(C)C(=O)NC(C)C. The molecule has 2 fully saturated rings. The zero-order valence-electron chi connectivity index (χ0n) is 52.5. The number of rotatable bonds is 18. The van der Waals surface area contributed by atoms with E-state index in [9.17, 15) is 55.2 Å². The van der Waals surface area contributed by atoms with Gasteiger partial charge in [0, 0.05) is 91.9 Å². The second kappa shape index (κ2) is 51.7. The Morgan fingerprint density at radius 2 is 0.974 bits per heavy atom. The molecule has 7 amide bonds. The van der Waals surface area contributed by atoms with Crippen molar-refractivity contribution >= 4 is 74.7 Å². The van der Waals surface area contributed by atoms with Crippen LogP contribution in [0.15, 0.2) is 0 Å². The fourth-order valence-corrected chi connectivity index (χ4v) is 6.85. The third-order valence-corrected chi connectivity index (χ3v) is 10.5. The van der Waals surface area contributed by atoms with Gasteiger partial charge in [0.25, 0.3) is 0 Å². The van der Waals surface area contributed by atoms with Crippen LogP contribution < -0.4 is 48.3 Å². The molecule has 0 bridgehead atoms. The number of halogens is 3. The Kier molecular flexibility index (Phi) is 58.7. The molecule has 1 heterocycles. The van der Waals surface area contributed by atoms with Crippen LogP contribution in [0.3, 0.4) is 0 Å². The van der Waals surface area contributed by atoms with Gasteiger partial charge in [-0.3, -0.25) is 33.6 Å². The first-order valence-electron chi connectivity index (χ1n) is 26.6. The summed E-state index contributed by atoms with van der Waals surface area (Å²) in [6, 6.07) is 2.24. The van der Waals surface area contributed by atoms with E-state index in [1.54, 1.807) is 31.1 Å². The predicted molar refractivity (Wildman–Crippen MR) is 320 cm³/mol. The lowest BCUT2D eigenvalue weighted by molar-refractivity contribution is -0.174. The summed E-state index contributed by atoms with van der Waals surface area (Å²) in [5.74, 6) is 0.0689. The Morgan fingerprint density at radius 1 is 0.590 bits per heavy atom. The van der Waals surface area contributed by atoms with Crippen molar-refractivity contribution in [1.29, 1.82) is 0 Å². The van der Waals surface area contributed by atoms with Crippen molar-refractivity contribution < 1.29 is 59.9 Å². The van der Waals surface area contributed by atoms with E-state index in [1.165, 1.54) is 32.5 Å². The number of hydrogen-bond donors (Lipinski definition) is 9. The summed E-state index contributed by atoms with van der Waals surface area (Å²) in [7, 11) is -1.42. The Balaban J connectivity index is -0.000000147. The fourth-order valence-electron chi connectivity index (χ4n) is 4.79. The van der Waals surface area contributed by atoms with Gasteiger partial charge in [0.15, 0.2) is 0 Å². The van der Waals surface area contributed by atoms with Crippen LogP contribution in [0.2, 0.25) is 0 Å². The van der Waals surface area contributed by atoms with Crippen molar-refractivity contribution in [3.63, 3.8) is 0 Å². The predicted octanol–water partition coefficient (Wildman–Crippen LogP) is 6.23. The summed E-state index contributed by atoms with van der Waals surface area (Å²) >= 11 is 3.24. The lowest BCUT2D eigenvalue weighted by Crippen LogP contribution is -2.48. The molecule has 19 nitrogen and oxygen atoms in total. The highest BCUT2D eigenvalue weighted by atomic mass is 32.2. The second-order valence-electron chi connectivity index (χ2n) is 21.3. The average Bonchev–Trinajstić information content (AvgIpc) is 4.07. The van der Waals surface area contributed by atoms with E-state index in [0.29, 0.717) is 35.8 Å². The maximum absolute atomic E-state index is 11.4. The number of nitrogens with one attached hydrogen (secondary N) is 8. The van der Waals surface area contributed by atoms with Crippen molar-refractivity contribution in [3.05, 3.63) is 0 Å². The molecule has 1 saturated heterocycles. The number of hydrogen-bond acceptors (Lipinski definition) is 14. The number of thioether (sulfide) groups is 2. The molecule has 468 valence electrons. The molecule has 0 aromatic heterocycles. The van der Waals surface area contributed by atoms with Crippen molar-refractivity contribution in [2.24, 2.45) is 29.4 Å². The first-order valence-corrected chi connectivity index (χ1v) is 31.5. The summed E-state index contributed by atoms with van der Waals surface area (Å²) in [6.07, 6.45) is 2.49. The summed E-state index contributed by atoms with van der Waals surface area (Å²) < 4.78 is 60.9. The van der Waals surface area contributed by atoms with Crippen molar-refractivity contribution in [1.82, 2.24) is 42.5 Å². The maximum Gasteiger partial charge on any atom is 0.471 e. The van der Waals surface area contributed by atoms with Gasteiger partial charge in [-0.1, -0.05) is 55.4 Å². The molecule has 78 heavy (non-hydrogen) atoms. The Bertz CT molecular complexity index is 1680. The third kappa shape index (κ3) is 79.1. The van der Waals surface area contributed by atoms with E-state index in [2.05, 4.69) is 51.1 Å². The highest BCUT2D eigenvalue weighted by molar-refractivity contribution is 7.99.